The van der Waals surface area contributed by atoms with Crippen molar-refractivity contribution in [2.24, 2.45) is 5.92 Å². The topological polar surface area (TPSA) is 27.7 Å². The largest absolute Gasteiger partial charge is 0.490 e. The van der Waals surface area contributed by atoms with Crippen LogP contribution in [0.3, 0.4) is 0 Å². The monoisotopic (exact) mass is 408 g/mol. The van der Waals surface area contributed by atoms with Gasteiger partial charge in [-0.1, -0.05) is 25.5 Å². The van der Waals surface area contributed by atoms with E-state index in [1.807, 2.05) is 13.0 Å². The van der Waals surface area contributed by atoms with E-state index in [4.69, 9.17) is 14.2 Å². The molecule has 3 rings (SSSR count). The summed E-state index contributed by atoms with van der Waals surface area (Å²) in [7, 11) is 0. The molecule has 1 aliphatic carbocycles. The Morgan fingerprint density at radius 2 is 1.90 bits per heavy atom. The number of unbranched alkanes of at least 4 members (excludes halogenated alkanes) is 1. The minimum Gasteiger partial charge on any atom is -0.490 e. The molecule has 1 aliphatic heterocycles. The molecule has 0 bridgehead atoms. The van der Waals surface area contributed by atoms with Gasteiger partial charge in [0.25, 0.3) is 0 Å². The Kier molecular flexibility index (Phi) is 8.49. The number of hydrogen-bond acceptors (Lipinski definition) is 3. The highest BCUT2D eigenvalue weighted by atomic mass is 19.2. The summed E-state index contributed by atoms with van der Waals surface area (Å²) < 4.78 is 46.2. The van der Waals surface area contributed by atoms with E-state index < -0.39 is 11.6 Å². The van der Waals surface area contributed by atoms with Crippen molar-refractivity contribution in [3.8, 4) is 5.75 Å². The summed E-state index contributed by atoms with van der Waals surface area (Å²) in [5.41, 5.74) is 0.467. The maximum atomic E-state index is 14.6. The second-order valence-electron chi connectivity index (χ2n) is 8.32. The average Bonchev–Trinajstić information content (AvgIpc) is 2.76. The Morgan fingerprint density at radius 1 is 1.10 bits per heavy atom. The Bertz CT molecular complexity index is 648. The Hall–Kier alpha value is -1.46. The molecule has 1 heterocycles. The van der Waals surface area contributed by atoms with Crippen LogP contribution in [-0.2, 0) is 9.47 Å². The van der Waals surface area contributed by atoms with Crippen LogP contribution in [-0.4, -0.2) is 32.0 Å². The minimum atomic E-state index is -0.857. The van der Waals surface area contributed by atoms with Crippen LogP contribution < -0.4 is 4.74 Å². The summed E-state index contributed by atoms with van der Waals surface area (Å²) in [6, 6.07) is 3.26. The van der Waals surface area contributed by atoms with Crippen molar-refractivity contribution < 1.29 is 23.0 Å². The molecule has 2 aliphatic rings. The number of hydrogen-bond donors (Lipinski definition) is 0. The van der Waals surface area contributed by atoms with Crippen molar-refractivity contribution in [2.75, 3.05) is 19.8 Å². The molecule has 0 amide bonds. The normalized spacial score (nSPS) is 27.6. The van der Waals surface area contributed by atoms with Gasteiger partial charge < -0.3 is 14.2 Å². The van der Waals surface area contributed by atoms with Crippen LogP contribution in [0.25, 0.3) is 0 Å². The molecule has 1 saturated heterocycles. The van der Waals surface area contributed by atoms with Crippen LogP contribution in [0.1, 0.15) is 69.8 Å². The molecule has 29 heavy (non-hydrogen) atoms. The quantitative estimate of drug-likeness (QED) is 0.361. The van der Waals surface area contributed by atoms with Crippen molar-refractivity contribution in [3.05, 3.63) is 42.0 Å². The summed E-state index contributed by atoms with van der Waals surface area (Å²) in [4.78, 5) is 0. The van der Waals surface area contributed by atoms with Crippen molar-refractivity contribution in [1.82, 2.24) is 0 Å². The summed E-state index contributed by atoms with van der Waals surface area (Å²) in [5.74, 6) is -1.10. The van der Waals surface area contributed by atoms with E-state index >= 15 is 0 Å². The van der Waals surface area contributed by atoms with Gasteiger partial charge in [-0.05, 0) is 62.5 Å². The van der Waals surface area contributed by atoms with Crippen molar-refractivity contribution >= 4 is 0 Å². The van der Waals surface area contributed by atoms with E-state index in [1.54, 1.807) is 12.1 Å². The van der Waals surface area contributed by atoms with Crippen molar-refractivity contribution in [1.29, 1.82) is 0 Å². The Balaban J connectivity index is 1.45. The molecule has 0 aromatic heterocycles. The first-order valence-corrected chi connectivity index (χ1v) is 11.1. The summed E-state index contributed by atoms with van der Waals surface area (Å²) >= 11 is 0. The number of benzene rings is 1. The third kappa shape index (κ3) is 6.02. The van der Waals surface area contributed by atoms with Gasteiger partial charge in [-0.2, -0.15) is 4.39 Å². The standard InChI is InChI=1S/C24H34F2O3/c1-3-5-14-27-22-13-12-21(23(25)24(22)26)18-7-10-19(11-8-18)29-16-20-9-6-17(4-2)15-28-20/h4,12-13,17-20H,2-3,5-11,14-16H2,1H3. The lowest BCUT2D eigenvalue weighted by molar-refractivity contribution is -0.0795. The van der Waals surface area contributed by atoms with Crippen LogP contribution in [0.4, 0.5) is 8.78 Å². The van der Waals surface area contributed by atoms with Gasteiger partial charge in [-0.3, -0.25) is 0 Å². The lowest BCUT2D eigenvalue weighted by Gasteiger charge is -2.32. The van der Waals surface area contributed by atoms with Gasteiger partial charge in [0.1, 0.15) is 0 Å². The van der Waals surface area contributed by atoms with E-state index in [-0.39, 0.29) is 23.9 Å². The van der Waals surface area contributed by atoms with E-state index in [9.17, 15) is 8.78 Å². The van der Waals surface area contributed by atoms with Gasteiger partial charge in [0.05, 0.1) is 32.0 Å². The third-order valence-corrected chi connectivity index (χ3v) is 6.20. The molecule has 2 atom stereocenters. The molecule has 1 aromatic rings. The van der Waals surface area contributed by atoms with E-state index in [0.717, 1.165) is 58.0 Å². The highest BCUT2D eigenvalue weighted by Crippen LogP contribution is 2.37. The predicted octanol–water partition coefficient (Wildman–Crippen LogP) is 6.17. The van der Waals surface area contributed by atoms with Gasteiger partial charge in [0.15, 0.2) is 11.6 Å². The van der Waals surface area contributed by atoms with Crippen molar-refractivity contribution in [3.63, 3.8) is 0 Å². The number of halogens is 2. The molecular weight excluding hydrogens is 374 g/mol. The molecule has 0 radical (unpaired) electrons. The maximum absolute atomic E-state index is 14.6. The fourth-order valence-electron chi connectivity index (χ4n) is 4.23. The molecule has 5 heteroatoms. The average molecular weight is 409 g/mol. The van der Waals surface area contributed by atoms with Crippen LogP contribution >= 0.6 is 0 Å². The molecule has 1 saturated carbocycles. The first-order valence-electron chi connectivity index (χ1n) is 11.1. The zero-order chi connectivity index (χ0) is 20.6. The highest BCUT2D eigenvalue weighted by molar-refractivity contribution is 5.33. The summed E-state index contributed by atoms with van der Waals surface area (Å²) in [6.07, 6.45) is 9.53. The molecule has 0 N–H and O–H groups in total. The first-order chi connectivity index (χ1) is 14.1. The zero-order valence-corrected chi connectivity index (χ0v) is 17.5. The van der Waals surface area contributed by atoms with Gasteiger partial charge in [0, 0.05) is 5.92 Å². The zero-order valence-electron chi connectivity index (χ0n) is 17.5. The second-order valence-corrected chi connectivity index (χ2v) is 8.32. The van der Waals surface area contributed by atoms with Crippen molar-refractivity contribution in [2.45, 2.75) is 76.4 Å². The van der Waals surface area contributed by atoms with E-state index in [2.05, 4.69) is 6.58 Å². The second kappa shape index (κ2) is 11.1. The van der Waals surface area contributed by atoms with Crippen LogP contribution in [0.2, 0.25) is 0 Å². The van der Waals surface area contributed by atoms with Crippen LogP contribution in [0.15, 0.2) is 24.8 Å². The van der Waals surface area contributed by atoms with E-state index in [1.165, 1.54) is 0 Å². The maximum Gasteiger partial charge on any atom is 0.200 e. The number of ether oxygens (including phenoxy) is 3. The molecule has 3 nitrogen and oxygen atoms in total. The molecule has 2 fully saturated rings. The molecule has 0 spiro atoms. The van der Waals surface area contributed by atoms with Crippen LogP contribution in [0.5, 0.6) is 5.75 Å². The number of rotatable bonds is 9. The van der Waals surface area contributed by atoms with Gasteiger partial charge in [0.2, 0.25) is 5.82 Å². The summed E-state index contributed by atoms with van der Waals surface area (Å²) in [6.45, 7) is 7.61. The van der Waals surface area contributed by atoms with Gasteiger partial charge >= 0.3 is 0 Å². The fourth-order valence-corrected chi connectivity index (χ4v) is 4.23. The fraction of sp³-hybridized carbons (Fsp3) is 0.667. The third-order valence-electron chi connectivity index (χ3n) is 6.20. The van der Waals surface area contributed by atoms with E-state index in [0.29, 0.717) is 24.7 Å². The smallest absolute Gasteiger partial charge is 0.200 e. The summed E-state index contributed by atoms with van der Waals surface area (Å²) in [5, 5.41) is 0. The Morgan fingerprint density at radius 3 is 2.55 bits per heavy atom. The molecule has 162 valence electrons. The molecular formula is C24H34F2O3. The van der Waals surface area contributed by atoms with Gasteiger partial charge in [-0.15, -0.1) is 6.58 Å². The van der Waals surface area contributed by atoms with Crippen LogP contribution in [0, 0.1) is 17.6 Å². The Labute approximate surface area is 173 Å². The van der Waals surface area contributed by atoms with Gasteiger partial charge in [-0.25, -0.2) is 4.39 Å². The lowest BCUT2D eigenvalue weighted by Crippen LogP contribution is -2.31. The SMILES string of the molecule is C=CC1CCC(COC2CCC(c3ccc(OCCCC)c(F)c3F)CC2)OC1. The molecule has 1 aromatic carbocycles. The predicted molar refractivity (Wildman–Crippen MR) is 110 cm³/mol. The highest BCUT2D eigenvalue weighted by Gasteiger charge is 2.28. The minimum absolute atomic E-state index is 0.0166. The molecule has 2 unspecified atom stereocenters. The lowest BCUT2D eigenvalue weighted by atomic mass is 9.82. The first kappa shape index (κ1) is 22.2.